The van der Waals surface area contributed by atoms with Crippen molar-refractivity contribution in [3.05, 3.63) is 46.5 Å². The fourth-order valence-electron chi connectivity index (χ4n) is 1.64. The van der Waals surface area contributed by atoms with Crippen molar-refractivity contribution in [1.29, 1.82) is 0 Å². The van der Waals surface area contributed by atoms with Gasteiger partial charge in [0.2, 0.25) is 5.11 Å². The van der Waals surface area contributed by atoms with Crippen molar-refractivity contribution in [1.82, 2.24) is 9.91 Å². The van der Waals surface area contributed by atoms with Crippen LogP contribution in [0.2, 0.25) is 10.0 Å². The number of halogens is 2. The van der Waals surface area contributed by atoms with Gasteiger partial charge in [-0.15, -0.1) is 6.58 Å². The van der Waals surface area contributed by atoms with Gasteiger partial charge >= 0.3 is 11.8 Å². The molecule has 1 aliphatic heterocycles. The number of rotatable bonds is 4. The second-order valence-electron chi connectivity index (χ2n) is 3.98. The summed E-state index contributed by atoms with van der Waals surface area (Å²) >= 11 is 17.0. The minimum atomic E-state index is -0.832. The van der Waals surface area contributed by atoms with Crippen LogP contribution in [0, 0.1) is 0 Å². The molecule has 0 aliphatic carbocycles. The number of benzene rings is 1. The molecule has 0 saturated carbocycles. The highest BCUT2D eigenvalue weighted by Gasteiger charge is 2.41. The van der Waals surface area contributed by atoms with Crippen LogP contribution in [0.15, 0.2) is 36.0 Å². The van der Waals surface area contributed by atoms with Crippen molar-refractivity contribution in [3.63, 3.8) is 0 Å². The minimum absolute atomic E-state index is 0.00988. The Morgan fingerprint density at radius 2 is 1.86 bits per heavy atom. The van der Waals surface area contributed by atoms with Crippen LogP contribution in [0.5, 0.6) is 0 Å². The number of thiocarbonyl (C=S) groups is 1. The van der Waals surface area contributed by atoms with Crippen molar-refractivity contribution in [2.24, 2.45) is 5.10 Å². The van der Waals surface area contributed by atoms with Gasteiger partial charge in [-0.1, -0.05) is 35.3 Å². The number of carbonyl (C=O) groups is 2. The minimum Gasteiger partial charge on any atom is -0.275 e. The first kappa shape index (κ1) is 15.6. The molecule has 1 aromatic rings. The van der Waals surface area contributed by atoms with Crippen LogP contribution in [0.1, 0.15) is 5.56 Å². The molecule has 5 nitrogen and oxygen atoms in total. The summed E-state index contributed by atoms with van der Waals surface area (Å²) in [6.45, 7) is 3.64. The molecule has 0 unspecified atom stereocenters. The maximum absolute atomic E-state index is 11.8. The number of hydrazone groups is 1. The molecule has 2 rings (SSSR count). The Bertz CT molecular complexity index is 655. The summed E-state index contributed by atoms with van der Waals surface area (Å²) in [6, 6.07) is 4.95. The lowest BCUT2D eigenvalue weighted by atomic mass is 10.2. The molecule has 1 saturated heterocycles. The van der Waals surface area contributed by atoms with E-state index in [2.05, 4.69) is 11.7 Å². The normalized spacial score (nSPS) is 15.4. The predicted octanol–water partition coefficient (Wildman–Crippen LogP) is 2.47. The molecular formula is C13H9Cl2N3O2S. The molecule has 0 bridgehead atoms. The number of carbonyl (C=O) groups excluding carboxylic acids is 2. The molecule has 0 atom stereocenters. The van der Waals surface area contributed by atoms with E-state index in [4.69, 9.17) is 35.4 Å². The molecule has 1 aromatic carbocycles. The zero-order chi connectivity index (χ0) is 15.6. The third-order valence-corrected chi connectivity index (χ3v) is 3.70. The molecule has 1 aliphatic rings. The average Bonchev–Trinajstić information content (AvgIpc) is 2.64. The van der Waals surface area contributed by atoms with E-state index in [1.54, 1.807) is 18.2 Å². The number of hydrogen-bond acceptors (Lipinski definition) is 4. The van der Waals surface area contributed by atoms with Gasteiger partial charge in [-0.3, -0.25) is 14.5 Å². The molecule has 0 N–H and O–H groups in total. The Hall–Kier alpha value is -1.76. The van der Waals surface area contributed by atoms with Gasteiger partial charge in [0.05, 0.1) is 16.3 Å². The zero-order valence-corrected chi connectivity index (χ0v) is 13.0. The van der Waals surface area contributed by atoms with Crippen LogP contribution >= 0.6 is 35.4 Å². The van der Waals surface area contributed by atoms with Gasteiger partial charge < -0.3 is 0 Å². The van der Waals surface area contributed by atoms with E-state index in [1.807, 2.05) is 0 Å². The van der Waals surface area contributed by atoms with E-state index in [9.17, 15) is 9.59 Å². The third-order valence-electron chi connectivity index (χ3n) is 2.65. The maximum Gasteiger partial charge on any atom is 0.339 e. The van der Waals surface area contributed by atoms with Gasteiger partial charge in [0, 0.05) is 12.1 Å². The smallest absolute Gasteiger partial charge is 0.275 e. The lowest BCUT2D eigenvalue weighted by Crippen LogP contribution is -2.31. The first-order valence-corrected chi connectivity index (χ1v) is 6.92. The Balaban J connectivity index is 2.29. The quantitative estimate of drug-likeness (QED) is 0.366. The standard InChI is InChI=1S/C13H9Cl2N3O2S/c1-2-6-17-11(19)12(20)18(13(17)21)16-7-8-9(14)4-3-5-10(8)15/h2-5,7H,1,6H2/b16-7+. The Morgan fingerprint density at radius 1 is 1.24 bits per heavy atom. The second kappa shape index (κ2) is 6.34. The molecule has 8 heteroatoms. The van der Waals surface area contributed by atoms with Crippen LogP contribution in [-0.2, 0) is 9.59 Å². The van der Waals surface area contributed by atoms with Gasteiger partial charge in [-0.25, -0.2) is 0 Å². The molecule has 2 amide bonds. The SMILES string of the molecule is C=CCN1C(=O)C(=O)N(/N=C/c2c(Cl)cccc2Cl)C1=S. The lowest BCUT2D eigenvalue weighted by molar-refractivity contribution is -0.143. The van der Waals surface area contributed by atoms with Crippen molar-refractivity contribution in [2.45, 2.75) is 0 Å². The van der Waals surface area contributed by atoms with E-state index in [0.29, 0.717) is 15.6 Å². The summed E-state index contributed by atoms with van der Waals surface area (Å²) in [6.07, 6.45) is 2.76. The van der Waals surface area contributed by atoms with Gasteiger partial charge in [0.25, 0.3) is 0 Å². The van der Waals surface area contributed by atoms with Gasteiger partial charge in [-0.2, -0.15) is 10.1 Å². The van der Waals surface area contributed by atoms with Gasteiger partial charge in [-0.05, 0) is 24.4 Å². The van der Waals surface area contributed by atoms with Crippen molar-refractivity contribution < 1.29 is 9.59 Å². The number of hydrogen-bond donors (Lipinski definition) is 0. The Kier molecular flexibility index (Phi) is 4.72. The second-order valence-corrected chi connectivity index (χ2v) is 5.16. The summed E-state index contributed by atoms with van der Waals surface area (Å²) in [5.41, 5.74) is 0.436. The summed E-state index contributed by atoms with van der Waals surface area (Å²) < 4.78 is 0. The van der Waals surface area contributed by atoms with Crippen LogP contribution in [0.3, 0.4) is 0 Å². The molecule has 21 heavy (non-hydrogen) atoms. The Labute approximate surface area is 136 Å². The van der Waals surface area contributed by atoms with Crippen LogP contribution in [0.25, 0.3) is 0 Å². The highest BCUT2D eigenvalue weighted by atomic mass is 35.5. The zero-order valence-electron chi connectivity index (χ0n) is 10.6. The van der Waals surface area contributed by atoms with E-state index in [1.165, 1.54) is 12.3 Å². The van der Waals surface area contributed by atoms with Crippen LogP contribution < -0.4 is 0 Å². The highest BCUT2D eigenvalue weighted by molar-refractivity contribution is 7.80. The van der Waals surface area contributed by atoms with Crippen LogP contribution in [-0.4, -0.2) is 39.6 Å². The molecule has 0 spiro atoms. The number of amides is 2. The lowest BCUT2D eigenvalue weighted by Gasteiger charge is -2.12. The summed E-state index contributed by atoms with van der Waals surface area (Å²) in [5.74, 6) is -1.58. The third kappa shape index (κ3) is 2.97. The van der Waals surface area contributed by atoms with E-state index in [-0.39, 0.29) is 11.7 Å². The molecule has 108 valence electrons. The summed E-state index contributed by atoms with van der Waals surface area (Å²) in [7, 11) is 0. The topological polar surface area (TPSA) is 53.0 Å². The maximum atomic E-state index is 11.8. The van der Waals surface area contributed by atoms with E-state index in [0.717, 1.165) is 9.91 Å². The summed E-state index contributed by atoms with van der Waals surface area (Å²) in [4.78, 5) is 24.7. The largest absolute Gasteiger partial charge is 0.339 e. The fourth-order valence-corrected chi connectivity index (χ4v) is 2.42. The van der Waals surface area contributed by atoms with E-state index < -0.39 is 11.8 Å². The van der Waals surface area contributed by atoms with Crippen molar-refractivity contribution in [2.75, 3.05) is 6.54 Å². The molecular weight excluding hydrogens is 333 g/mol. The van der Waals surface area contributed by atoms with E-state index >= 15 is 0 Å². The highest BCUT2D eigenvalue weighted by Crippen LogP contribution is 2.23. The molecule has 0 radical (unpaired) electrons. The molecule has 1 heterocycles. The van der Waals surface area contributed by atoms with Crippen molar-refractivity contribution >= 4 is 58.6 Å². The monoisotopic (exact) mass is 341 g/mol. The van der Waals surface area contributed by atoms with Gasteiger partial charge in [0.15, 0.2) is 0 Å². The predicted molar refractivity (Wildman–Crippen MR) is 85.4 cm³/mol. The summed E-state index contributed by atoms with van der Waals surface area (Å²) in [5, 5.41) is 5.48. The number of nitrogens with zero attached hydrogens (tertiary/aromatic N) is 3. The molecule has 0 aromatic heterocycles. The van der Waals surface area contributed by atoms with Gasteiger partial charge in [0.1, 0.15) is 0 Å². The van der Waals surface area contributed by atoms with Crippen molar-refractivity contribution in [3.8, 4) is 0 Å². The van der Waals surface area contributed by atoms with Crippen LogP contribution in [0.4, 0.5) is 0 Å². The average molecular weight is 342 g/mol. The Morgan fingerprint density at radius 3 is 2.43 bits per heavy atom. The first-order valence-electron chi connectivity index (χ1n) is 5.76. The first-order chi connectivity index (χ1) is 9.97. The molecule has 1 fully saturated rings. The fraction of sp³-hybridized carbons (Fsp3) is 0.0769.